The molecule has 1 aromatic carbocycles. The summed E-state index contributed by atoms with van der Waals surface area (Å²) in [6.07, 6.45) is 2.14. The summed E-state index contributed by atoms with van der Waals surface area (Å²) in [5, 5.41) is 8.04. The van der Waals surface area contributed by atoms with Crippen LogP contribution in [0.5, 0.6) is 0 Å². The van der Waals surface area contributed by atoms with Crippen molar-refractivity contribution in [3.05, 3.63) is 68.3 Å². The summed E-state index contributed by atoms with van der Waals surface area (Å²) in [5.74, 6) is 1.23. The Balaban J connectivity index is 1.83. The van der Waals surface area contributed by atoms with Crippen LogP contribution < -0.4 is 5.56 Å². The Labute approximate surface area is 130 Å². The second-order valence-electron chi connectivity index (χ2n) is 4.47. The highest BCUT2D eigenvalue weighted by molar-refractivity contribution is 6.42. The maximum atomic E-state index is 11.0. The highest BCUT2D eigenvalue weighted by Crippen LogP contribution is 2.23. The number of hydrogen-bond acceptors (Lipinski definition) is 3. The van der Waals surface area contributed by atoms with Gasteiger partial charge in [-0.2, -0.15) is 5.10 Å². The first kappa shape index (κ1) is 13.9. The van der Waals surface area contributed by atoms with Crippen molar-refractivity contribution < 1.29 is 0 Å². The van der Waals surface area contributed by atoms with Crippen molar-refractivity contribution in [1.29, 1.82) is 0 Å². The Kier molecular flexibility index (Phi) is 3.77. The number of benzene rings is 1. The van der Waals surface area contributed by atoms with Crippen LogP contribution in [0.25, 0.3) is 11.4 Å². The van der Waals surface area contributed by atoms with E-state index in [4.69, 9.17) is 23.2 Å². The van der Waals surface area contributed by atoms with Crippen LogP contribution in [-0.4, -0.2) is 20.2 Å². The molecule has 0 fully saturated rings. The highest BCUT2D eigenvalue weighted by atomic mass is 35.5. The van der Waals surface area contributed by atoms with Crippen molar-refractivity contribution in [3.63, 3.8) is 0 Å². The number of nitrogens with zero attached hydrogens (tertiary/aromatic N) is 2. The van der Waals surface area contributed by atoms with Crippen molar-refractivity contribution in [1.82, 2.24) is 20.2 Å². The van der Waals surface area contributed by atoms with Gasteiger partial charge in [0.1, 0.15) is 5.82 Å². The van der Waals surface area contributed by atoms with E-state index >= 15 is 0 Å². The molecule has 0 amide bonds. The Morgan fingerprint density at radius 2 is 1.95 bits per heavy atom. The van der Waals surface area contributed by atoms with Gasteiger partial charge in [0, 0.05) is 24.2 Å². The molecule has 0 radical (unpaired) electrons. The number of aromatic amines is 2. The lowest BCUT2D eigenvalue weighted by Gasteiger charge is -2.00. The first-order chi connectivity index (χ1) is 10.1. The molecule has 0 saturated heterocycles. The summed E-state index contributed by atoms with van der Waals surface area (Å²) in [6.45, 7) is 0. The highest BCUT2D eigenvalue weighted by Gasteiger charge is 2.08. The van der Waals surface area contributed by atoms with Gasteiger partial charge < -0.3 is 4.98 Å². The van der Waals surface area contributed by atoms with Crippen LogP contribution in [0.15, 0.2) is 41.3 Å². The molecule has 0 atom stereocenters. The summed E-state index contributed by atoms with van der Waals surface area (Å²) >= 11 is 11.9. The molecule has 7 heteroatoms. The van der Waals surface area contributed by atoms with Crippen molar-refractivity contribution in [3.8, 4) is 11.4 Å². The molecule has 0 unspecified atom stereocenters. The van der Waals surface area contributed by atoms with Gasteiger partial charge in [-0.15, -0.1) is 0 Å². The van der Waals surface area contributed by atoms with Gasteiger partial charge in [0.05, 0.1) is 10.0 Å². The first-order valence-electron chi connectivity index (χ1n) is 6.16. The molecule has 5 nitrogen and oxygen atoms in total. The van der Waals surface area contributed by atoms with Crippen LogP contribution >= 0.6 is 23.2 Å². The Hall–Kier alpha value is -2.11. The summed E-state index contributed by atoms with van der Waals surface area (Å²) in [5.41, 5.74) is 1.56. The number of rotatable bonds is 3. The van der Waals surface area contributed by atoms with Crippen LogP contribution in [0, 0.1) is 0 Å². The SMILES string of the molecule is O=c1ccc(-c2n[nH]c(Cc3ccc(Cl)c(Cl)c3)n2)c[nH]1. The first-order valence-corrected chi connectivity index (χ1v) is 6.92. The molecule has 2 N–H and O–H groups in total. The van der Waals surface area contributed by atoms with E-state index in [1.54, 1.807) is 24.4 Å². The van der Waals surface area contributed by atoms with Gasteiger partial charge in [-0.25, -0.2) is 4.98 Å². The van der Waals surface area contributed by atoms with E-state index in [1.165, 1.54) is 6.07 Å². The Bertz CT molecular complexity index is 820. The van der Waals surface area contributed by atoms with Crippen LogP contribution in [-0.2, 0) is 6.42 Å². The molecule has 2 heterocycles. The third-order valence-corrected chi connectivity index (χ3v) is 3.67. The monoisotopic (exact) mass is 320 g/mol. The fourth-order valence-corrected chi connectivity index (χ4v) is 2.22. The molecule has 0 bridgehead atoms. The van der Waals surface area contributed by atoms with Gasteiger partial charge in [-0.05, 0) is 23.8 Å². The van der Waals surface area contributed by atoms with Gasteiger partial charge in [0.15, 0.2) is 5.82 Å². The van der Waals surface area contributed by atoms with Gasteiger partial charge in [0.2, 0.25) is 5.56 Å². The summed E-state index contributed by atoms with van der Waals surface area (Å²) < 4.78 is 0. The van der Waals surface area contributed by atoms with Crippen molar-refractivity contribution in [2.75, 3.05) is 0 Å². The van der Waals surface area contributed by atoms with Crippen molar-refractivity contribution in [2.24, 2.45) is 0 Å². The normalized spacial score (nSPS) is 10.8. The molecule has 3 rings (SSSR count). The Morgan fingerprint density at radius 1 is 1.10 bits per heavy atom. The van der Waals surface area contributed by atoms with Crippen LogP contribution in [0.1, 0.15) is 11.4 Å². The topological polar surface area (TPSA) is 74.4 Å². The Morgan fingerprint density at radius 3 is 2.67 bits per heavy atom. The second kappa shape index (κ2) is 5.71. The molecule has 0 aliphatic rings. The number of aromatic nitrogens is 4. The second-order valence-corrected chi connectivity index (χ2v) is 5.29. The number of halogens is 2. The molecule has 0 aliphatic heterocycles. The fourth-order valence-electron chi connectivity index (χ4n) is 1.90. The largest absolute Gasteiger partial charge is 0.328 e. The van der Waals surface area contributed by atoms with E-state index in [0.717, 1.165) is 11.1 Å². The zero-order chi connectivity index (χ0) is 14.8. The lowest BCUT2D eigenvalue weighted by atomic mass is 10.1. The van der Waals surface area contributed by atoms with E-state index in [0.29, 0.717) is 28.1 Å². The smallest absolute Gasteiger partial charge is 0.247 e. The van der Waals surface area contributed by atoms with E-state index in [9.17, 15) is 4.79 Å². The fraction of sp³-hybridized carbons (Fsp3) is 0.0714. The third-order valence-electron chi connectivity index (χ3n) is 2.93. The maximum absolute atomic E-state index is 11.0. The van der Waals surface area contributed by atoms with Gasteiger partial charge in [-0.1, -0.05) is 29.3 Å². The quantitative estimate of drug-likeness (QED) is 0.778. The minimum absolute atomic E-state index is 0.162. The van der Waals surface area contributed by atoms with Crippen LogP contribution in [0.3, 0.4) is 0 Å². The number of nitrogens with one attached hydrogen (secondary N) is 2. The zero-order valence-electron chi connectivity index (χ0n) is 10.7. The average Bonchev–Trinajstić information content (AvgIpc) is 2.92. The van der Waals surface area contributed by atoms with Gasteiger partial charge in [-0.3, -0.25) is 9.89 Å². The van der Waals surface area contributed by atoms with E-state index in [-0.39, 0.29) is 5.56 Å². The molecule has 2 aromatic heterocycles. The van der Waals surface area contributed by atoms with Crippen LogP contribution in [0.4, 0.5) is 0 Å². The predicted octanol–water partition coefficient (Wildman–Crippen LogP) is 3.06. The molecule has 0 aliphatic carbocycles. The molecular formula is C14H10Cl2N4O. The number of hydrogen-bond donors (Lipinski definition) is 2. The van der Waals surface area contributed by atoms with E-state index in [2.05, 4.69) is 20.2 Å². The van der Waals surface area contributed by atoms with Gasteiger partial charge in [0.25, 0.3) is 0 Å². The molecular weight excluding hydrogens is 311 g/mol. The lowest BCUT2D eigenvalue weighted by Crippen LogP contribution is -2.01. The molecule has 106 valence electrons. The van der Waals surface area contributed by atoms with Crippen molar-refractivity contribution in [2.45, 2.75) is 6.42 Å². The summed E-state index contributed by atoms with van der Waals surface area (Å²) in [7, 11) is 0. The van der Waals surface area contributed by atoms with E-state index < -0.39 is 0 Å². The zero-order valence-corrected chi connectivity index (χ0v) is 12.2. The van der Waals surface area contributed by atoms with Crippen LogP contribution in [0.2, 0.25) is 10.0 Å². The summed E-state index contributed by atoms with van der Waals surface area (Å²) in [6, 6.07) is 8.54. The standard InChI is InChI=1S/C14H10Cl2N4O/c15-10-3-1-8(5-11(10)16)6-12-18-14(20-19-12)9-2-4-13(21)17-7-9/h1-5,7H,6H2,(H,17,21)(H,18,19,20). The van der Waals surface area contributed by atoms with Gasteiger partial charge >= 0.3 is 0 Å². The number of H-pyrrole nitrogens is 2. The maximum Gasteiger partial charge on any atom is 0.247 e. The molecule has 0 saturated carbocycles. The molecule has 21 heavy (non-hydrogen) atoms. The lowest BCUT2D eigenvalue weighted by molar-refractivity contribution is 0.973. The van der Waals surface area contributed by atoms with Crippen molar-refractivity contribution >= 4 is 23.2 Å². The van der Waals surface area contributed by atoms with E-state index in [1.807, 2.05) is 6.07 Å². The summed E-state index contributed by atoms with van der Waals surface area (Å²) in [4.78, 5) is 18.0. The molecule has 0 spiro atoms. The number of pyridine rings is 1. The minimum atomic E-state index is -0.162. The third kappa shape index (κ3) is 3.15. The average molecular weight is 321 g/mol. The minimum Gasteiger partial charge on any atom is -0.328 e. The predicted molar refractivity (Wildman–Crippen MR) is 81.7 cm³/mol. The molecule has 3 aromatic rings.